The maximum atomic E-state index is 13.2. The van der Waals surface area contributed by atoms with E-state index in [2.05, 4.69) is 10.6 Å². The van der Waals surface area contributed by atoms with E-state index in [0.717, 1.165) is 40.7 Å². The Morgan fingerprint density at radius 1 is 0.972 bits per heavy atom. The van der Waals surface area contributed by atoms with E-state index in [4.69, 9.17) is 4.74 Å². The van der Waals surface area contributed by atoms with Crippen molar-refractivity contribution in [3.8, 4) is 5.75 Å². The molecule has 3 aromatic carbocycles. The molecule has 0 bridgehead atoms. The number of aromatic hydroxyl groups is 1. The van der Waals surface area contributed by atoms with Crippen molar-refractivity contribution in [3.63, 3.8) is 0 Å². The Hall–Kier alpha value is -4.17. The molecular formula is C28H28N2O6. The number of carboxylic acids is 1. The van der Waals surface area contributed by atoms with Gasteiger partial charge in [-0.05, 0) is 64.9 Å². The second-order valence-corrected chi connectivity index (χ2v) is 8.81. The van der Waals surface area contributed by atoms with Crippen molar-refractivity contribution in [2.45, 2.75) is 38.3 Å². The first-order valence-electron chi connectivity index (χ1n) is 11.7. The molecule has 1 aliphatic rings. The highest BCUT2D eigenvalue weighted by atomic mass is 16.5. The van der Waals surface area contributed by atoms with E-state index in [1.54, 1.807) is 18.2 Å². The maximum Gasteiger partial charge on any atom is 0.329 e. The predicted molar refractivity (Wildman–Crippen MR) is 134 cm³/mol. The average Bonchev–Trinajstić information content (AvgIpc) is 3.00. The molecule has 1 aliphatic carbocycles. The minimum Gasteiger partial charge on any atom is -0.508 e. The van der Waals surface area contributed by atoms with Gasteiger partial charge in [-0.3, -0.25) is 9.59 Å². The molecule has 0 heterocycles. The van der Waals surface area contributed by atoms with Crippen LogP contribution in [0, 0.1) is 0 Å². The molecule has 3 aromatic rings. The van der Waals surface area contributed by atoms with Crippen molar-refractivity contribution in [3.05, 3.63) is 94.5 Å². The van der Waals surface area contributed by atoms with Crippen LogP contribution >= 0.6 is 0 Å². The number of phenols is 1. The van der Waals surface area contributed by atoms with Crippen molar-refractivity contribution in [2.75, 3.05) is 11.9 Å². The number of hydrogen-bond donors (Lipinski definition) is 4. The van der Waals surface area contributed by atoms with Gasteiger partial charge in [0.25, 0.3) is 0 Å². The van der Waals surface area contributed by atoms with Gasteiger partial charge in [-0.2, -0.15) is 0 Å². The van der Waals surface area contributed by atoms with Crippen LogP contribution in [0.2, 0.25) is 0 Å². The number of ether oxygens (including phenoxy) is 1. The number of aryl methyl sites for hydroxylation is 2. The Morgan fingerprint density at radius 2 is 1.67 bits per heavy atom. The largest absolute Gasteiger partial charge is 0.508 e. The lowest BCUT2D eigenvalue weighted by Crippen LogP contribution is -2.44. The van der Waals surface area contributed by atoms with Gasteiger partial charge in [0.1, 0.15) is 24.5 Å². The molecule has 2 amide bonds. The summed E-state index contributed by atoms with van der Waals surface area (Å²) in [6.45, 7) is 0.896. The number of benzene rings is 3. The Labute approximate surface area is 208 Å². The molecule has 186 valence electrons. The minimum atomic E-state index is -1.06. The van der Waals surface area contributed by atoms with Gasteiger partial charge < -0.3 is 25.6 Å². The van der Waals surface area contributed by atoms with E-state index >= 15 is 0 Å². The fourth-order valence-corrected chi connectivity index (χ4v) is 4.48. The average molecular weight is 489 g/mol. The third-order valence-electron chi connectivity index (χ3n) is 6.14. The summed E-state index contributed by atoms with van der Waals surface area (Å²) in [4.78, 5) is 36.2. The van der Waals surface area contributed by atoms with Crippen LogP contribution in [0.25, 0.3) is 0 Å². The van der Waals surface area contributed by atoms with E-state index in [0.29, 0.717) is 5.69 Å². The van der Waals surface area contributed by atoms with Crippen LogP contribution in [0.1, 0.15) is 40.8 Å². The van der Waals surface area contributed by atoms with E-state index in [-0.39, 0.29) is 18.1 Å². The number of rotatable bonds is 8. The lowest BCUT2D eigenvalue weighted by atomic mass is 9.96. The summed E-state index contributed by atoms with van der Waals surface area (Å²) >= 11 is 0. The Bertz CT molecular complexity index is 1270. The molecule has 2 atom stereocenters. The van der Waals surface area contributed by atoms with E-state index in [9.17, 15) is 24.6 Å². The van der Waals surface area contributed by atoms with Crippen LogP contribution < -0.4 is 10.6 Å². The second kappa shape index (κ2) is 11.0. The van der Waals surface area contributed by atoms with Gasteiger partial charge >= 0.3 is 5.97 Å². The van der Waals surface area contributed by atoms with Gasteiger partial charge in [-0.15, -0.1) is 0 Å². The highest BCUT2D eigenvalue weighted by molar-refractivity contribution is 5.97. The number of amides is 2. The number of nitrogens with one attached hydrogen (secondary N) is 2. The lowest BCUT2D eigenvalue weighted by Gasteiger charge is -2.22. The molecule has 4 N–H and O–H groups in total. The molecule has 0 saturated carbocycles. The van der Waals surface area contributed by atoms with E-state index in [1.807, 2.05) is 36.4 Å². The van der Waals surface area contributed by atoms with Gasteiger partial charge in [0.05, 0.1) is 0 Å². The highest BCUT2D eigenvalue weighted by Crippen LogP contribution is 2.36. The van der Waals surface area contributed by atoms with Crippen molar-refractivity contribution in [1.82, 2.24) is 5.32 Å². The Kier molecular flexibility index (Phi) is 7.65. The molecule has 8 nitrogen and oxygen atoms in total. The van der Waals surface area contributed by atoms with Crippen LogP contribution in [0.5, 0.6) is 5.75 Å². The van der Waals surface area contributed by atoms with Crippen molar-refractivity contribution in [1.29, 1.82) is 0 Å². The first kappa shape index (κ1) is 24.9. The highest BCUT2D eigenvalue weighted by Gasteiger charge is 2.26. The molecule has 0 aromatic heterocycles. The van der Waals surface area contributed by atoms with Crippen molar-refractivity contribution < 1.29 is 29.3 Å². The number of aliphatic carboxylic acids is 1. The summed E-state index contributed by atoms with van der Waals surface area (Å²) in [7, 11) is 0. The van der Waals surface area contributed by atoms with Gasteiger partial charge in [0, 0.05) is 19.0 Å². The Balaban J connectivity index is 1.61. The lowest BCUT2D eigenvalue weighted by molar-refractivity contribution is -0.143. The quantitative estimate of drug-likeness (QED) is 0.385. The van der Waals surface area contributed by atoms with E-state index < -0.39 is 30.6 Å². The second-order valence-electron chi connectivity index (χ2n) is 8.81. The molecule has 0 spiro atoms. The summed E-state index contributed by atoms with van der Waals surface area (Å²) in [5, 5.41) is 24.3. The van der Waals surface area contributed by atoms with Crippen LogP contribution in [0.3, 0.4) is 0 Å². The maximum absolute atomic E-state index is 13.2. The summed E-state index contributed by atoms with van der Waals surface area (Å²) in [6.07, 6.45) is 1.20. The van der Waals surface area contributed by atoms with Gasteiger partial charge in [-0.1, -0.05) is 42.5 Å². The van der Waals surface area contributed by atoms with Gasteiger partial charge in [-0.25, -0.2) is 4.79 Å². The smallest absolute Gasteiger partial charge is 0.329 e. The summed E-state index contributed by atoms with van der Waals surface area (Å²) in [6, 6.07) is 18.9. The Morgan fingerprint density at radius 3 is 2.36 bits per heavy atom. The molecule has 36 heavy (non-hydrogen) atoms. The SMILES string of the molecule is CC(=O)N[C@@H](Cc1ccc(O)cc1)C(=O)Nc1ccc2c(c1)C(OCC(=O)O)c1ccccc1CC2. The first-order valence-corrected chi connectivity index (χ1v) is 11.7. The molecule has 0 radical (unpaired) electrons. The zero-order valence-corrected chi connectivity index (χ0v) is 19.9. The van der Waals surface area contributed by atoms with E-state index in [1.165, 1.54) is 19.1 Å². The van der Waals surface area contributed by atoms with Crippen LogP contribution in [-0.4, -0.2) is 40.6 Å². The van der Waals surface area contributed by atoms with Crippen LogP contribution in [0.4, 0.5) is 5.69 Å². The molecular weight excluding hydrogens is 460 g/mol. The molecule has 8 heteroatoms. The minimum absolute atomic E-state index is 0.116. The number of carbonyl (C=O) groups excluding carboxylic acids is 2. The third-order valence-corrected chi connectivity index (χ3v) is 6.14. The number of carbonyl (C=O) groups is 3. The van der Waals surface area contributed by atoms with Gasteiger partial charge in [0.2, 0.25) is 11.8 Å². The molecule has 0 aliphatic heterocycles. The van der Waals surface area contributed by atoms with Gasteiger partial charge in [0.15, 0.2) is 0 Å². The number of hydrogen-bond acceptors (Lipinski definition) is 5. The number of phenolic OH excluding ortho intramolecular Hbond substituents is 1. The van der Waals surface area contributed by atoms with Crippen molar-refractivity contribution in [2.24, 2.45) is 0 Å². The van der Waals surface area contributed by atoms with Crippen molar-refractivity contribution >= 4 is 23.5 Å². The number of carboxylic acid groups (broad SMARTS) is 1. The zero-order chi connectivity index (χ0) is 25.7. The first-order chi connectivity index (χ1) is 17.3. The number of anilines is 1. The normalized spacial score (nSPS) is 15.1. The topological polar surface area (TPSA) is 125 Å². The molecule has 1 unspecified atom stereocenters. The summed E-state index contributed by atoms with van der Waals surface area (Å²) in [5.74, 6) is -1.68. The number of fused-ring (bicyclic) bond motifs is 2. The third kappa shape index (κ3) is 6.09. The molecule has 4 rings (SSSR count). The molecule has 0 saturated heterocycles. The van der Waals surface area contributed by atoms with Crippen LogP contribution in [-0.2, 0) is 38.4 Å². The van der Waals surface area contributed by atoms with Crippen LogP contribution in [0.15, 0.2) is 66.7 Å². The standard InChI is InChI=1S/C28H28N2O6/c1-17(31)29-25(14-18-6-12-22(32)13-7-18)28(35)30-21-11-10-20-9-8-19-4-2-3-5-23(19)27(24(20)15-21)36-16-26(33)34/h2-7,10-13,15,25,27,32H,8-9,14,16H2,1H3,(H,29,31)(H,30,35)(H,33,34)/t25-,27?/m0/s1. The fraction of sp³-hybridized carbons (Fsp3) is 0.250. The predicted octanol–water partition coefficient (Wildman–Crippen LogP) is 3.37. The monoisotopic (exact) mass is 488 g/mol. The zero-order valence-electron chi connectivity index (χ0n) is 19.9. The summed E-state index contributed by atoms with van der Waals surface area (Å²) in [5.41, 5.74) is 5.11. The molecule has 0 fully saturated rings. The fourth-order valence-electron chi connectivity index (χ4n) is 4.48. The summed E-state index contributed by atoms with van der Waals surface area (Å²) < 4.78 is 5.84.